The maximum absolute atomic E-state index is 12.5. The molecule has 0 bridgehead atoms. The second-order valence-corrected chi connectivity index (χ2v) is 6.06. The van der Waals surface area contributed by atoms with E-state index < -0.39 is 5.97 Å². The molecule has 0 atom stereocenters. The Balaban J connectivity index is 1.72. The highest BCUT2D eigenvalue weighted by atomic mass is 16.5. The minimum absolute atomic E-state index is 0.170. The zero-order chi connectivity index (χ0) is 19.9. The first-order valence-electron chi connectivity index (χ1n) is 8.78. The summed E-state index contributed by atoms with van der Waals surface area (Å²) in [5.74, 6) is 0.646. The number of rotatable bonds is 8. The van der Waals surface area contributed by atoms with Gasteiger partial charge in [0.15, 0.2) is 11.5 Å². The third kappa shape index (κ3) is 4.23. The van der Waals surface area contributed by atoms with Crippen LogP contribution in [0, 0.1) is 0 Å². The molecule has 0 amide bonds. The molecule has 3 rings (SSSR count). The normalized spacial score (nSPS) is 10.4. The van der Waals surface area contributed by atoms with Crippen LogP contribution in [0.3, 0.4) is 0 Å². The van der Waals surface area contributed by atoms with Gasteiger partial charge in [0.25, 0.3) is 0 Å². The lowest BCUT2D eigenvalue weighted by Crippen LogP contribution is -2.07. The number of ether oxygens (including phenoxy) is 3. The molecule has 0 radical (unpaired) electrons. The van der Waals surface area contributed by atoms with E-state index in [0.29, 0.717) is 23.5 Å². The Bertz CT molecular complexity index is 947. The third-order valence-corrected chi connectivity index (χ3v) is 4.23. The van der Waals surface area contributed by atoms with E-state index in [1.807, 2.05) is 36.5 Å². The molecule has 6 nitrogen and oxygen atoms in total. The van der Waals surface area contributed by atoms with Crippen LogP contribution in [0.2, 0.25) is 0 Å². The van der Waals surface area contributed by atoms with E-state index in [2.05, 4.69) is 11.7 Å². The average Bonchev–Trinajstić information content (AvgIpc) is 3.27. The van der Waals surface area contributed by atoms with E-state index in [0.717, 1.165) is 16.8 Å². The Morgan fingerprint density at radius 2 is 1.96 bits per heavy atom. The van der Waals surface area contributed by atoms with E-state index >= 15 is 0 Å². The Morgan fingerprint density at radius 3 is 2.57 bits per heavy atom. The SMILES string of the molecule is C=CCc1cc(C(=O)OCc2ccc(-n3cccn3)cc2)cc(OC)c1OC. The van der Waals surface area contributed by atoms with Gasteiger partial charge < -0.3 is 14.2 Å². The number of allylic oxidation sites excluding steroid dienone is 1. The van der Waals surface area contributed by atoms with Crippen LogP contribution in [0.1, 0.15) is 21.5 Å². The molecule has 0 aliphatic rings. The number of carbonyl (C=O) groups is 1. The van der Waals surface area contributed by atoms with Crippen molar-refractivity contribution >= 4 is 5.97 Å². The maximum atomic E-state index is 12.5. The lowest BCUT2D eigenvalue weighted by atomic mass is 10.1. The van der Waals surface area contributed by atoms with Crippen LogP contribution in [0.25, 0.3) is 5.69 Å². The molecule has 0 fully saturated rings. The van der Waals surface area contributed by atoms with Crippen molar-refractivity contribution in [2.24, 2.45) is 0 Å². The Hall–Kier alpha value is -3.54. The Kier molecular flexibility index (Phi) is 6.11. The summed E-state index contributed by atoms with van der Waals surface area (Å²) in [5, 5.41) is 4.19. The predicted molar refractivity (Wildman–Crippen MR) is 106 cm³/mol. The van der Waals surface area contributed by atoms with Gasteiger partial charge in [-0.05, 0) is 42.3 Å². The highest BCUT2D eigenvalue weighted by molar-refractivity contribution is 5.90. The molecule has 144 valence electrons. The van der Waals surface area contributed by atoms with Gasteiger partial charge in [0, 0.05) is 18.0 Å². The van der Waals surface area contributed by atoms with Gasteiger partial charge in [-0.3, -0.25) is 0 Å². The first-order chi connectivity index (χ1) is 13.7. The predicted octanol–water partition coefficient (Wildman–Crippen LogP) is 3.98. The zero-order valence-electron chi connectivity index (χ0n) is 15.9. The summed E-state index contributed by atoms with van der Waals surface area (Å²) in [4.78, 5) is 12.5. The first kappa shape index (κ1) is 19.2. The fraction of sp³-hybridized carbons (Fsp3) is 0.182. The van der Waals surface area contributed by atoms with Crippen molar-refractivity contribution in [3.8, 4) is 17.2 Å². The summed E-state index contributed by atoms with van der Waals surface area (Å²) in [7, 11) is 3.10. The van der Waals surface area contributed by atoms with Gasteiger partial charge in [-0.15, -0.1) is 6.58 Å². The standard InChI is InChI=1S/C22H22N2O4/c1-4-6-17-13-18(14-20(26-2)21(17)27-3)22(25)28-15-16-7-9-19(10-8-16)24-12-5-11-23-24/h4-5,7-14H,1,6,15H2,2-3H3. The zero-order valence-corrected chi connectivity index (χ0v) is 15.9. The number of esters is 1. The van der Waals surface area contributed by atoms with Crippen LogP contribution in [0.15, 0.2) is 67.5 Å². The maximum Gasteiger partial charge on any atom is 0.338 e. The molecule has 1 aromatic heterocycles. The number of hydrogen-bond acceptors (Lipinski definition) is 5. The molecule has 0 saturated heterocycles. The number of nitrogens with zero attached hydrogens (tertiary/aromatic N) is 2. The van der Waals surface area contributed by atoms with E-state index in [9.17, 15) is 4.79 Å². The Morgan fingerprint density at radius 1 is 1.18 bits per heavy atom. The van der Waals surface area contributed by atoms with Crippen molar-refractivity contribution in [3.63, 3.8) is 0 Å². The highest BCUT2D eigenvalue weighted by Gasteiger charge is 2.16. The average molecular weight is 378 g/mol. The van der Waals surface area contributed by atoms with Gasteiger partial charge in [-0.2, -0.15) is 5.10 Å². The summed E-state index contributed by atoms with van der Waals surface area (Å²) in [6, 6.07) is 12.9. The van der Waals surface area contributed by atoms with E-state index in [-0.39, 0.29) is 6.61 Å². The Labute approximate surface area is 164 Å². The molecule has 3 aromatic rings. The molecular formula is C22H22N2O4. The van der Waals surface area contributed by atoms with Gasteiger partial charge in [-0.1, -0.05) is 18.2 Å². The van der Waals surface area contributed by atoms with Crippen LogP contribution in [0.5, 0.6) is 11.5 Å². The number of hydrogen-bond donors (Lipinski definition) is 0. The quantitative estimate of drug-likeness (QED) is 0.438. The minimum Gasteiger partial charge on any atom is -0.493 e. The van der Waals surface area contributed by atoms with Gasteiger partial charge in [0.1, 0.15) is 6.61 Å². The molecule has 6 heteroatoms. The summed E-state index contributed by atoms with van der Waals surface area (Å²) in [6.07, 6.45) is 5.88. The van der Waals surface area contributed by atoms with E-state index in [1.165, 1.54) is 7.11 Å². The van der Waals surface area contributed by atoms with Crippen LogP contribution >= 0.6 is 0 Å². The van der Waals surface area contributed by atoms with E-state index in [4.69, 9.17) is 14.2 Å². The fourth-order valence-corrected chi connectivity index (χ4v) is 2.87. The number of carbonyl (C=O) groups excluding carboxylic acids is 1. The molecule has 2 aromatic carbocycles. The van der Waals surface area contributed by atoms with Crippen molar-refractivity contribution in [3.05, 3.63) is 84.2 Å². The van der Waals surface area contributed by atoms with Gasteiger partial charge >= 0.3 is 5.97 Å². The molecule has 0 unspecified atom stereocenters. The smallest absolute Gasteiger partial charge is 0.338 e. The molecular weight excluding hydrogens is 356 g/mol. The number of methoxy groups -OCH3 is 2. The van der Waals surface area contributed by atoms with Crippen LogP contribution in [-0.2, 0) is 17.8 Å². The lowest BCUT2D eigenvalue weighted by molar-refractivity contribution is 0.0472. The molecule has 0 spiro atoms. The largest absolute Gasteiger partial charge is 0.493 e. The van der Waals surface area contributed by atoms with Crippen molar-refractivity contribution in [2.45, 2.75) is 13.0 Å². The monoisotopic (exact) mass is 378 g/mol. The van der Waals surface area contributed by atoms with Crippen LogP contribution < -0.4 is 9.47 Å². The summed E-state index contributed by atoms with van der Waals surface area (Å²) in [5.41, 5.74) is 3.04. The van der Waals surface area contributed by atoms with Crippen molar-refractivity contribution in [1.82, 2.24) is 9.78 Å². The minimum atomic E-state index is -0.428. The number of benzene rings is 2. The van der Waals surface area contributed by atoms with Gasteiger partial charge in [0.2, 0.25) is 0 Å². The summed E-state index contributed by atoms with van der Waals surface area (Å²) in [6.45, 7) is 3.91. The molecule has 0 saturated carbocycles. The van der Waals surface area contributed by atoms with Crippen molar-refractivity contribution in [1.29, 1.82) is 0 Å². The van der Waals surface area contributed by atoms with E-state index in [1.54, 1.807) is 36.2 Å². The summed E-state index contributed by atoms with van der Waals surface area (Å²) < 4.78 is 18.0. The molecule has 28 heavy (non-hydrogen) atoms. The lowest BCUT2D eigenvalue weighted by Gasteiger charge is -2.14. The second-order valence-electron chi connectivity index (χ2n) is 6.06. The third-order valence-electron chi connectivity index (χ3n) is 4.23. The topological polar surface area (TPSA) is 62.6 Å². The molecule has 0 N–H and O–H groups in total. The van der Waals surface area contributed by atoms with Crippen molar-refractivity contribution in [2.75, 3.05) is 14.2 Å². The first-order valence-corrected chi connectivity index (χ1v) is 8.78. The molecule has 1 heterocycles. The molecule has 0 aliphatic heterocycles. The second kappa shape index (κ2) is 8.90. The number of aromatic nitrogens is 2. The fourth-order valence-electron chi connectivity index (χ4n) is 2.87. The highest BCUT2D eigenvalue weighted by Crippen LogP contribution is 2.33. The van der Waals surface area contributed by atoms with Gasteiger partial charge in [-0.25, -0.2) is 9.48 Å². The van der Waals surface area contributed by atoms with Crippen LogP contribution in [0.4, 0.5) is 0 Å². The molecule has 0 aliphatic carbocycles. The van der Waals surface area contributed by atoms with Crippen molar-refractivity contribution < 1.29 is 19.0 Å². The van der Waals surface area contributed by atoms with Gasteiger partial charge in [0.05, 0.1) is 25.5 Å². The summed E-state index contributed by atoms with van der Waals surface area (Å²) >= 11 is 0. The van der Waals surface area contributed by atoms with Crippen LogP contribution in [-0.4, -0.2) is 30.0 Å².